The molecule has 2 saturated heterocycles. The third-order valence-electron chi connectivity index (χ3n) is 5.70. The molecule has 2 unspecified atom stereocenters. The normalized spacial score (nSPS) is 21.4. The Morgan fingerprint density at radius 1 is 1.13 bits per heavy atom. The van der Waals surface area contributed by atoms with E-state index in [0.717, 1.165) is 24.6 Å². The van der Waals surface area contributed by atoms with Crippen LogP contribution >= 0.6 is 0 Å². The van der Waals surface area contributed by atoms with E-state index in [-0.39, 0.29) is 29.3 Å². The van der Waals surface area contributed by atoms with E-state index in [2.05, 4.69) is 20.3 Å². The number of ether oxygens (including phenoxy) is 1. The molecule has 10 heteroatoms. The van der Waals surface area contributed by atoms with Gasteiger partial charge in [0.05, 0.1) is 24.1 Å². The number of hydrogen-bond donors (Lipinski definition) is 1. The number of aryl methyl sites for hydroxylation is 1. The van der Waals surface area contributed by atoms with Crippen molar-refractivity contribution in [3.05, 3.63) is 35.9 Å². The second-order valence-electron chi connectivity index (χ2n) is 7.88. The largest absolute Gasteiger partial charge is 0.478 e. The first-order valence-corrected chi connectivity index (χ1v) is 9.81. The molecule has 5 rings (SSSR count). The third kappa shape index (κ3) is 3.24. The van der Waals surface area contributed by atoms with Crippen molar-refractivity contribution < 1.29 is 17.9 Å². The Kier molecular flexibility index (Phi) is 4.35. The molecule has 2 fully saturated rings. The number of nitrogens with one attached hydrogen (secondary N) is 1. The van der Waals surface area contributed by atoms with Gasteiger partial charge in [-0.2, -0.15) is 13.2 Å². The minimum atomic E-state index is -4.53. The first kappa shape index (κ1) is 19.1. The van der Waals surface area contributed by atoms with Crippen LogP contribution in [0.4, 0.5) is 19.0 Å². The third-order valence-corrected chi connectivity index (χ3v) is 5.70. The van der Waals surface area contributed by atoms with Crippen LogP contribution in [0.25, 0.3) is 16.9 Å². The van der Waals surface area contributed by atoms with Crippen molar-refractivity contribution in [3.63, 3.8) is 0 Å². The predicted octanol–water partition coefficient (Wildman–Crippen LogP) is 3.07. The van der Waals surface area contributed by atoms with Crippen LogP contribution in [-0.2, 0) is 6.18 Å². The van der Waals surface area contributed by atoms with Gasteiger partial charge in [-0.1, -0.05) is 0 Å². The molecular formula is C20H21F3N6O. The Hall–Kier alpha value is -2.88. The maximum Gasteiger partial charge on any atom is 0.419 e. The van der Waals surface area contributed by atoms with E-state index < -0.39 is 11.7 Å². The molecule has 0 radical (unpaired) electrons. The summed E-state index contributed by atoms with van der Waals surface area (Å²) in [5.74, 6) is 0.230. The molecule has 0 spiro atoms. The summed E-state index contributed by atoms with van der Waals surface area (Å²) >= 11 is 0. The minimum absolute atomic E-state index is 0.0174. The first-order chi connectivity index (χ1) is 14.3. The van der Waals surface area contributed by atoms with Crippen LogP contribution in [0.15, 0.2) is 24.7 Å². The summed E-state index contributed by atoms with van der Waals surface area (Å²) in [6.45, 7) is 2.88. The van der Waals surface area contributed by atoms with Gasteiger partial charge in [0, 0.05) is 49.3 Å². The number of fused-ring (bicyclic) bond motifs is 3. The maximum absolute atomic E-state index is 14.0. The fourth-order valence-electron chi connectivity index (χ4n) is 4.40. The van der Waals surface area contributed by atoms with Crippen LogP contribution in [0.3, 0.4) is 0 Å². The number of piperazine rings is 1. The lowest BCUT2D eigenvalue weighted by atomic mass is 10.1. The van der Waals surface area contributed by atoms with E-state index in [1.807, 2.05) is 6.92 Å². The Labute approximate surface area is 170 Å². The lowest BCUT2D eigenvalue weighted by Crippen LogP contribution is -2.51. The number of rotatable bonds is 3. The average Bonchev–Trinajstić information content (AvgIpc) is 3.26. The number of hydrogen-bond acceptors (Lipinski definition) is 6. The van der Waals surface area contributed by atoms with Crippen molar-refractivity contribution in [2.24, 2.45) is 0 Å². The fraction of sp³-hybridized carbons (Fsp3) is 0.450. The number of methoxy groups -OCH3 is 1. The summed E-state index contributed by atoms with van der Waals surface area (Å²) in [4.78, 5) is 14.7. The monoisotopic (exact) mass is 418 g/mol. The molecule has 30 heavy (non-hydrogen) atoms. The summed E-state index contributed by atoms with van der Waals surface area (Å²) in [6, 6.07) is 1.55. The van der Waals surface area contributed by atoms with Crippen molar-refractivity contribution in [1.29, 1.82) is 0 Å². The zero-order chi connectivity index (χ0) is 21.0. The zero-order valence-electron chi connectivity index (χ0n) is 16.6. The standard InChI is InChI=1S/C20H21F3N6O/c1-11-7-28-10-16(27-19(30-2)18(28)25-11)12-5-15(20(21,22)23)17(24-6-12)29-8-13-3-4-14(9-29)26-13/h5-7,10,13-14,26H,3-4,8-9H2,1-2H3. The zero-order valence-corrected chi connectivity index (χ0v) is 16.6. The molecule has 0 aromatic carbocycles. The van der Waals surface area contributed by atoms with Crippen LogP contribution in [0.2, 0.25) is 0 Å². The van der Waals surface area contributed by atoms with E-state index in [1.54, 1.807) is 21.7 Å². The Morgan fingerprint density at radius 2 is 1.87 bits per heavy atom. The van der Waals surface area contributed by atoms with Gasteiger partial charge in [-0.15, -0.1) is 0 Å². The van der Waals surface area contributed by atoms with Gasteiger partial charge >= 0.3 is 6.18 Å². The summed E-state index contributed by atoms with van der Waals surface area (Å²) < 4.78 is 48.9. The molecule has 3 aromatic heterocycles. The molecule has 2 atom stereocenters. The predicted molar refractivity (Wildman–Crippen MR) is 105 cm³/mol. The number of aromatic nitrogens is 4. The lowest BCUT2D eigenvalue weighted by Gasteiger charge is -2.35. The highest BCUT2D eigenvalue weighted by atomic mass is 19.4. The number of alkyl halides is 3. The van der Waals surface area contributed by atoms with Crippen LogP contribution in [-0.4, -0.2) is 51.6 Å². The van der Waals surface area contributed by atoms with Gasteiger partial charge in [0.15, 0.2) is 0 Å². The molecule has 0 amide bonds. The van der Waals surface area contributed by atoms with Crippen LogP contribution in [0.1, 0.15) is 24.1 Å². The van der Waals surface area contributed by atoms with Gasteiger partial charge in [0.1, 0.15) is 5.82 Å². The van der Waals surface area contributed by atoms with Crippen molar-refractivity contribution in [3.8, 4) is 17.1 Å². The van der Waals surface area contributed by atoms with Crippen LogP contribution < -0.4 is 15.0 Å². The van der Waals surface area contributed by atoms with Crippen LogP contribution in [0.5, 0.6) is 5.88 Å². The highest BCUT2D eigenvalue weighted by Gasteiger charge is 2.40. The van der Waals surface area contributed by atoms with E-state index >= 15 is 0 Å². The fourth-order valence-corrected chi connectivity index (χ4v) is 4.40. The molecule has 2 aliphatic heterocycles. The number of imidazole rings is 1. The van der Waals surface area contributed by atoms with Crippen molar-refractivity contribution >= 4 is 11.5 Å². The minimum Gasteiger partial charge on any atom is -0.478 e. The lowest BCUT2D eigenvalue weighted by molar-refractivity contribution is -0.137. The van der Waals surface area contributed by atoms with E-state index in [1.165, 1.54) is 13.3 Å². The highest BCUT2D eigenvalue weighted by Crippen LogP contribution is 2.39. The summed E-state index contributed by atoms with van der Waals surface area (Å²) in [7, 11) is 1.46. The first-order valence-electron chi connectivity index (χ1n) is 9.81. The maximum atomic E-state index is 14.0. The summed E-state index contributed by atoms with van der Waals surface area (Å²) in [6.07, 6.45) is 2.29. The number of anilines is 1. The number of pyridine rings is 1. The molecule has 1 N–H and O–H groups in total. The van der Waals surface area contributed by atoms with Crippen molar-refractivity contribution in [1.82, 2.24) is 24.7 Å². The molecule has 0 saturated carbocycles. The molecule has 2 aliphatic rings. The summed E-state index contributed by atoms with van der Waals surface area (Å²) in [5.41, 5.74) is 1.13. The quantitative estimate of drug-likeness (QED) is 0.705. The van der Waals surface area contributed by atoms with E-state index in [0.29, 0.717) is 24.4 Å². The molecule has 5 heterocycles. The molecule has 158 valence electrons. The topological polar surface area (TPSA) is 67.6 Å². The van der Waals surface area contributed by atoms with Gasteiger partial charge in [0.25, 0.3) is 5.88 Å². The second-order valence-corrected chi connectivity index (χ2v) is 7.88. The molecule has 2 bridgehead atoms. The summed E-state index contributed by atoms with van der Waals surface area (Å²) in [5, 5.41) is 3.43. The molecular weight excluding hydrogens is 397 g/mol. The van der Waals surface area contributed by atoms with Crippen molar-refractivity contribution in [2.45, 2.75) is 38.0 Å². The van der Waals surface area contributed by atoms with Crippen molar-refractivity contribution in [2.75, 3.05) is 25.1 Å². The Morgan fingerprint density at radius 3 is 2.53 bits per heavy atom. The van der Waals surface area contributed by atoms with Gasteiger partial charge in [0.2, 0.25) is 5.65 Å². The molecule has 7 nitrogen and oxygen atoms in total. The molecule has 0 aliphatic carbocycles. The Balaban J connectivity index is 1.59. The van der Waals surface area contributed by atoms with Gasteiger partial charge in [-0.05, 0) is 25.8 Å². The highest BCUT2D eigenvalue weighted by molar-refractivity contribution is 5.66. The smallest absolute Gasteiger partial charge is 0.419 e. The Bertz CT molecular complexity index is 1100. The van der Waals surface area contributed by atoms with E-state index in [9.17, 15) is 13.2 Å². The number of halogens is 3. The number of nitrogens with zero attached hydrogens (tertiary/aromatic N) is 5. The second kappa shape index (κ2) is 6.83. The SMILES string of the molecule is COc1nc(-c2cnc(N3CC4CCC(C3)N4)c(C(F)(F)F)c2)cn2cc(C)nc12. The van der Waals surface area contributed by atoms with Gasteiger partial charge < -0.3 is 19.4 Å². The van der Waals surface area contributed by atoms with Gasteiger partial charge in [-0.3, -0.25) is 0 Å². The van der Waals surface area contributed by atoms with Crippen LogP contribution in [0, 0.1) is 6.92 Å². The van der Waals surface area contributed by atoms with E-state index in [4.69, 9.17) is 4.74 Å². The molecule has 3 aromatic rings. The van der Waals surface area contributed by atoms with Gasteiger partial charge in [-0.25, -0.2) is 15.0 Å². The average molecular weight is 418 g/mol.